The predicted octanol–water partition coefficient (Wildman–Crippen LogP) is 3.01. The fraction of sp³-hybridized carbons (Fsp3) is 0.560. The number of amides is 1. The van der Waals surface area contributed by atoms with E-state index in [-0.39, 0.29) is 22.3 Å². The van der Waals surface area contributed by atoms with E-state index in [0.29, 0.717) is 19.6 Å². The molecule has 0 aliphatic carbocycles. The molecule has 2 aromatic rings. The van der Waals surface area contributed by atoms with Crippen molar-refractivity contribution in [1.82, 2.24) is 14.5 Å². The van der Waals surface area contributed by atoms with Crippen molar-refractivity contribution in [3.05, 3.63) is 47.4 Å². The number of sulfonamides is 1. The van der Waals surface area contributed by atoms with Crippen molar-refractivity contribution in [1.29, 1.82) is 0 Å². The number of nitrogens with one attached hydrogen (secondary N) is 1. The smallest absolute Gasteiger partial charge is 0.287 e. The summed E-state index contributed by atoms with van der Waals surface area (Å²) in [5.41, 5.74) is 2.59. The molecule has 0 saturated carbocycles. The standard InChI is InChI=1S/C25H36N4O4S/c1-20-8-7-9-22(18-20)28-16-14-27(15-17-28)11-4-3-10-26-25(30)23-19-24(21(2)33-23)34(31,32)29-12-5-6-13-29/h7-9,18-19H,3-6,10-17H2,1-2H3,(H,26,30). The fourth-order valence-electron chi connectivity index (χ4n) is 4.70. The summed E-state index contributed by atoms with van der Waals surface area (Å²) >= 11 is 0. The second kappa shape index (κ2) is 10.9. The number of benzene rings is 1. The van der Waals surface area contributed by atoms with E-state index in [9.17, 15) is 13.2 Å². The highest BCUT2D eigenvalue weighted by Gasteiger charge is 2.31. The van der Waals surface area contributed by atoms with Crippen LogP contribution >= 0.6 is 0 Å². The van der Waals surface area contributed by atoms with Crippen molar-refractivity contribution >= 4 is 21.6 Å². The zero-order valence-electron chi connectivity index (χ0n) is 20.3. The minimum absolute atomic E-state index is 0.0579. The molecule has 0 unspecified atom stereocenters. The number of piperazine rings is 1. The minimum Gasteiger partial charge on any atom is -0.455 e. The van der Waals surface area contributed by atoms with Gasteiger partial charge in [-0.15, -0.1) is 0 Å². The lowest BCUT2D eigenvalue weighted by atomic mass is 10.2. The molecule has 2 aliphatic rings. The van der Waals surface area contributed by atoms with E-state index in [4.69, 9.17) is 4.42 Å². The Morgan fingerprint density at radius 2 is 1.74 bits per heavy atom. The summed E-state index contributed by atoms with van der Waals surface area (Å²) in [7, 11) is -3.60. The van der Waals surface area contributed by atoms with E-state index >= 15 is 0 Å². The number of nitrogens with zero attached hydrogens (tertiary/aromatic N) is 3. The molecule has 1 aromatic carbocycles. The molecule has 4 rings (SSSR count). The maximum atomic E-state index is 12.8. The van der Waals surface area contributed by atoms with E-state index in [0.717, 1.165) is 58.4 Å². The van der Waals surface area contributed by atoms with Crippen LogP contribution in [0.1, 0.15) is 47.6 Å². The van der Waals surface area contributed by atoms with Crippen LogP contribution < -0.4 is 10.2 Å². The second-order valence-electron chi connectivity index (χ2n) is 9.27. The summed E-state index contributed by atoms with van der Waals surface area (Å²) in [6, 6.07) is 10.0. The summed E-state index contributed by atoms with van der Waals surface area (Å²) in [6.07, 6.45) is 3.59. The number of carbonyl (C=O) groups is 1. The number of hydrogen-bond donors (Lipinski definition) is 1. The quantitative estimate of drug-likeness (QED) is 0.546. The average molecular weight is 489 g/mol. The van der Waals surface area contributed by atoms with Crippen molar-refractivity contribution in [3.63, 3.8) is 0 Å². The number of rotatable bonds is 9. The molecule has 2 fully saturated rings. The number of carbonyl (C=O) groups excluding carboxylic acids is 1. The Morgan fingerprint density at radius 1 is 1.00 bits per heavy atom. The highest BCUT2D eigenvalue weighted by molar-refractivity contribution is 7.89. The van der Waals surface area contributed by atoms with Gasteiger partial charge in [-0.25, -0.2) is 8.42 Å². The summed E-state index contributed by atoms with van der Waals surface area (Å²) in [5, 5.41) is 2.86. The van der Waals surface area contributed by atoms with Crippen molar-refractivity contribution < 1.29 is 17.6 Å². The molecule has 9 heteroatoms. The first-order chi connectivity index (χ1) is 16.3. The Bertz CT molecular complexity index is 1080. The Morgan fingerprint density at radius 3 is 2.44 bits per heavy atom. The second-order valence-corrected chi connectivity index (χ2v) is 11.2. The number of hydrogen-bond acceptors (Lipinski definition) is 6. The SMILES string of the molecule is Cc1cccc(N2CCN(CCCCNC(=O)c3cc(S(=O)(=O)N4CCCC4)c(C)o3)CC2)c1. The van der Waals surface area contributed by atoms with E-state index in [2.05, 4.69) is 46.3 Å². The lowest BCUT2D eigenvalue weighted by Crippen LogP contribution is -2.46. The maximum absolute atomic E-state index is 12.8. The topological polar surface area (TPSA) is 86.1 Å². The highest BCUT2D eigenvalue weighted by Crippen LogP contribution is 2.26. The van der Waals surface area contributed by atoms with Gasteiger partial charge in [0.2, 0.25) is 10.0 Å². The van der Waals surface area contributed by atoms with Crippen LogP contribution in [0.25, 0.3) is 0 Å². The molecule has 1 aromatic heterocycles. The summed E-state index contributed by atoms with van der Waals surface area (Å²) in [4.78, 5) is 17.5. The maximum Gasteiger partial charge on any atom is 0.287 e. The molecule has 8 nitrogen and oxygen atoms in total. The Labute approximate surface area is 202 Å². The van der Waals surface area contributed by atoms with Crippen molar-refractivity contribution in [2.24, 2.45) is 0 Å². The van der Waals surface area contributed by atoms with E-state index in [1.54, 1.807) is 6.92 Å². The van der Waals surface area contributed by atoms with Gasteiger partial charge in [0.15, 0.2) is 5.76 Å². The Kier molecular flexibility index (Phi) is 7.95. The molecule has 0 radical (unpaired) electrons. The monoisotopic (exact) mass is 488 g/mol. The zero-order valence-corrected chi connectivity index (χ0v) is 21.1. The average Bonchev–Trinajstić information content (AvgIpc) is 3.50. The molecular weight excluding hydrogens is 452 g/mol. The van der Waals surface area contributed by atoms with Gasteiger partial charge in [0.1, 0.15) is 10.7 Å². The molecule has 34 heavy (non-hydrogen) atoms. The normalized spacial score (nSPS) is 17.9. The van der Waals surface area contributed by atoms with Gasteiger partial charge >= 0.3 is 0 Å². The van der Waals surface area contributed by atoms with Crippen LogP contribution in [-0.2, 0) is 10.0 Å². The van der Waals surface area contributed by atoms with Gasteiger partial charge in [-0.2, -0.15) is 4.31 Å². The molecular formula is C25H36N4O4S. The fourth-order valence-corrected chi connectivity index (χ4v) is 6.38. The van der Waals surface area contributed by atoms with Crippen LogP contribution in [0, 0.1) is 13.8 Å². The first kappa shape index (κ1) is 24.8. The van der Waals surface area contributed by atoms with E-state index in [1.807, 2.05) is 0 Å². The van der Waals surface area contributed by atoms with Gasteiger partial charge in [0.05, 0.1) is 0 Å². The van der Waals surface area contributed by atoms with Crippen molar-refractivity contribution in [2.75, 3.05) is 57.3 Å². The Hall–Kier alpha value is -2.36. The van der Waals surface area contributed by atoms with Gasteiger partial charge in [0.25, 0.3) is 5.91 Å². The van der Waals surface area contributed by atoms with Gasteiger partial charge < -0.3 is 14.6 Å². The van der Waals surface area contributed by atoms with Crippen molar-refractivity contribution in [2.45, 2.75) is 44.4 Å². The first-order valence-electron chi connectivity index (χ1n) is 12.3. The molecule has 0 atom stereocenters. The Balaban J connectivity index is 1.17. The van der Waals surface area contributed by atoms with Crippen LogP contribution in [0.15, 0.2) is 39.6 Å². The summed E-state index contributed by atoms with van der Waals surface area (Å²) < 4.78 is 32.5. The number of furan rings is 1. The van der Waals surface area contributed by atoms with Crippen LogP contribution in [0.5, 0.6) is 0 Å². The van der Waals surface area contributed by atoms with Crippen LogP contribution in [0.2, 0.25) is 0 Å². The zero-order chi connectivity index (χ0) is 24.1. The molecule has 1 N–H and O–H groups in total. The van der Waals surface area contributed by atoms with Crippen LogP contribution in [-0.4, -0.2) is 75.9 Å². The number of anilines is 1. The predicted molar refractivity (Wildman–Crippen MR) is 133 cm³/mol. The molecule has 2 saturated heterocycles. The molecule has 1 amide bonds. The van der Waals surface area contributed by atoms with Gasteiger partial charge in [0, 0.05) is 57.6 Å². The largest absolute Gasteiger partial charge is 0.455 e. The first-order valence-corrected chi connectivity index (χ1v) is 13.7. The van der Waals surface area contributed by atoms with Gasteiger partial charge in [-0.05, 0) is 63.8 Å². The lowest BCUT2D eigenvalue weighted by molar-refractivity contribution is 0.0923. The third-order valence-corrected chi connectivity index (χ3v) is 8.71. The number of aryl methyl sites for hydroxylation is 2. The lowest BCUT2D eigenvalue weighted by Gasteiger charge is -2.36. The molecule has 186 valence electrons. The molecule has 3 heterocycles. The third-order valence-electron chi connectivity index (χ3n) is 6.70. The van der Waals surface area contributed by atoms with Gasteiger partial charge in [-0.3, -0.25) is 9.69 Å². The van der Waals surface area contributed by atoms with Crippen molar-refractivity contribution in [3.8, 4) is 0 Å². The molecule has 0 bridgehead atoms. The number of unbranched alkanes of at least 4 members (excludes halogenated alkanes) is 1. The molecule has 0 spiro atoms. The van der Waals surface area contributed by atoms with Gasteiger partial charge in [-0.1, -0.05) is 12.1 Å². The summed E-state index contributed by atoms with van der Waals surface area (Å²) in [5.74, 6) is -0.0397. The van der Waals surface area contributed by atoms with Crippen LogP contribution in [0.3, 0.4) is 0 Å². The van der Waals surface area contributed by atoms with E-state index in [1.165, 1.54) is 21.6 Å². The third kappa shape index (κ3) is 5.82. The minimum atomic E-state index is -3.60. The molecule has 2 aliphatic heterocycles. The van der Waals surface area contributed by atoms with E-state index < -0.39 is 10.0 Å². The summed E-state index contributed by atoms with van der Waals surface area (Å²) in [6.45, 7) is 10.5. The highest BCUT2D eigenvalue weighted by atomic mass is 32.2. The van der Waals surface area contributed by atoms with Crippen LogP contribution in [0.4, 0.5) is 5.69 Å².